The van der Waals surface area contributed by atoms with Crippen LogP contribution in [-0.4, -0.2) is 90.3 Å². The Kier molecular flexibility index (Phi) is 7.83. The average molecular weight is 565 g/mol. The summed E-state index contributed by atoms with van der Waals surface area (Å²) in [5.41, 5.74) is 3.26. The summed E-state index contributed by atoms with van der Waals surface area (Å²) in [4.78, 5) is 30.6. The lowest BCUT2D eigenvalue weighted by Crippen LogP contribution is -2.44. The van der Waals surface area contributed by atoms with Crippen LogP contribution < -0.4 is 15.0 Å². The zero-order chi connectivity index (χ0) is 27.8. The molecule has 2 N–H and O–H groups in total. The molecule has 0 amide bonds. The lowest BCUT2D eigenvalue weighted by atomic mass is 9.92. The number of ether oxygens (including phenoxy) is 1. The zero-order valence-electron chi connectivity index (χ0n) is 23.7. The number of hydrogen-bond acceptors (Lipinski definition) is 9. The number of aromatic nitrogens is 2. The van der Waals surface area contributed by atoms with Crippen LogP contribution in [0.3, 0.4) is 0 Å². The van der Waals surface area contributed by atoms with E-state index in [1.165, 1.54) is 10.6 Å². The van der Waals surface area contributed by atoms with Crippen LogP contribution >= 0.6 is 11.3 Å². The second kappa shape index (κ2) is 11.5. The van der Waals surface area contributed by atoms with Gasteiger partial charge in [-0.15, -0.1) is 11.3 Å². The maximum absolute atomic E-state index is 11.6. The smallest absolute Gasteiger partial charge is 0.303 e. The lowest BCUT2D eigenvalue weighted by Gasteiger charge is -2.34. The van der Waals surface area contributed by atoms with Crippen molar-refractivity contribution in [3.8, 4) is 5.88 Å². The molecule has 0 radical (unpaired) electrons. The predicted molar refractivity (Wildman–Crippen MR) is 161 cm³/mol. The van der Waals surface area contributed by atoms with Crippen molar-refractivity contribution in [2.24, 2.45) is 0 Å². The van der Waals surface area contributed by atoms with Crippen molar-refractivity contribution in [1.29, 1.82) is 0 Å². The Morgan fingerprint density at radius 2 is 1.80 bits per heavy atom. The Morgan fingerprint density at radius 3 is 2.48 bits per heavy atom. The van der Waals surface area contributed by atoms with Gasteiger partial charge in [-0.2, -0.15) is 4.98 Å². The van der Waals surface area contributed by atoms with Crippen LogP contribution in [0.5, 0.6) is 5.88 Å². The van der Waals surface area contributed by atoms with Gasteiger partial charge in [-0.05, 0) is 95.4 Å². The van der Waals surface area contributed by atoms with Gasteiger partial charge < -0.3 is 29.9 Å². The van der Waals surface area contributed by atoms with Gasteiger partial charge in [0.25, 0.3) is 0 Å². The van der Waals surface area contributed by atoms with E-state index in [-0.39, 0.29) is 18.4 Å². The molecule has 3 heterocycles. The van der Waals surface area contributed by atoms with E-state index in [4.69, 9.17) is 14.7 Å². The van der Waals surface area contributed by atoms with Crippen LogP contribution in [0.25, 0.3) is 10.2 Å². The van der Waals surface area contributed by atoms with Gasteiger partial charge in [0.1, 0.15) is 10.9 Å². The Hall–Kier alpha value is -2.95. The fourth-order valence-corrected chi connectivity index (χ4v) is 7.71. The van der Waals surface area contributed by atoms with Gasteiger partial charge >= 0.3 is 5.97 Å². The molecular formula is C30H40N6O3S. The highest BCUT2D eigenvalue weighted by Crippen LogP contribution is 2.48. The molecule has 9 nitrogen and oxygen atoms in total. The number of piperazine rings is 1. The minimum atomic E-state index is -0.763. The van der Waals surface area contributed by atoms with Crippen LogP contribution in [0.1, 0.15) is 54.9 Å². The van der Waals surface area contributed by atoms with E-state index in [9.17, 15) is 9.90 Å². The van der Waals surface area contributed by atoms with Gasteiger partial charge in [0, 0.05) is 48.5 Å². The van der Waals surface area contributed by atoms with Crippen LogP contribution in [0.4, 0.5) is 17.3 Å². The second-order valence-corrected chi connectivity index (χ2v) is 12.9. The molecule has 0 spiro atoms. The first-order valence-electron chi connectivity index (χ1n) is 14.5. The molecule has 2 aromatic heterocycles. The Bertz CT molecular complexity index is 1340. The van der Waals surface area contributed by atoms with E-state index >= 15 is 0 Å². The number of aliphatic carboxylic acids is 1. The minimum absolute atomic E-state index is 0.0161. The van der Waals surface area contributed by atoms with Crippen molar-refractivity contribution in [3.63, 3.8) is 0 Å². The second-order valence-electron chi connectivity index (χ2n) is 11.8. The standard InChI is InChI=1S/C30H40N6O3S/c1-34(2)21-9-11-23(12-10-21)39-28-27-26-19(18-25(37)38)4-13-24(26)40-29(27)33-30(32-28)31-20-5-7-22(8-6-20)36-16-14-35(3)15-17-36/h5-8,19,21,23H,4,9-18H2,1-3H3,(H,37,38)(H,31,32,33). The number of nitrogens with zero attached hydrogens (tertiary/aromatic N) is 5. The quantitative estimate of drug-likeness (QED) is 0.394. The molecule has 1 unspecified atom stereocenters. The third-order valence-corrected chi connectivity index (χ3v) is 9.98. The first-order valence-corrected chi connectivity index (χ1v) is 15.3. The fraction of sp³-hybridized carbons (Fsp3) is 0.567. The van der Waals surface area contributed by atoms with Crippen LogP contribution in [-0.2, 0) is 11.2 Å². The highest BCUT2D eigenvalue weighted by Gasteiger charge is 2.33. The Labute approximate surface area is 240 Å². The highest BCUT2D eigenvalue weighted by atomic mass is 32.1. The SMILES string of the molecule is CN1CCN(c2ccc(Nc3nc(OC4CCC(N(C)C)CC4)c4c5c(sc4n3)CCC5CC(=O)O)cc2)CC1. The number of fused-ring (bicyclic) bond motifs is 3. The third kappa shape index (κ3) is 5.75. The van der Waals surface area contributed by atoms with Gasteiger partial charge in [-0.1, -0.05) is 0 Å². The number of hydrogen-bond donors (Lipinski definition) is 2. The molecule has 1 atom stereocenters. The largest absolute Gasteiger partial charge is 0.481 e. The summed E-state index contributed by atoms with van der Waals surface area (Å²) in [5, 5.41) is 13.9. The molecule has 3 aromatic rings. The number of likely N-dealkylation sites (N-methyl/N-ethyl adjacent to an activating group) is 1. The number of carboxylic acids is 1. The van der Waals surface area contributed by atoms with E-state index in [0.717, 1.165) is 86.2 Å². The number of benzene rings is 1. The molecular weight excluding hydrogens is 524 g/mol. The number of rotatable bonds is 8. The van der Waals surface area contributed by atoms with Crippen molar-refractivity contribution >= 4 is 44.8 Å². The normalized spacial score (nSPS) is 23.5. The minimum Gasteiger partial charge on any atom is -0.481 e. The number of carboxylic acid groups (broad SMARTS) is 1. The summed E-state index contributed by atoms with van der Waals surface area (Å²) in [6, 6.07) is 9.07. The molecule has 214 valence electrons. The van der Waals surface area contributed by atoms with Crippen molar-refractivity contribution < 1.29 is 14.6 Å². The molecule has 40 heavy (non-hydrogen) atoms. The average Bonchev–Trinajstić information content (AvgIpc) is 3.49. The van der Waals surface area contributed by atoms with E-state index < -0.39 is 5.97 Å². The zero-order valence-corrected chi connectivity index (χ0v) is 24.5. The van der Waals surface area contributed by atoms with E-state index in [2.05, 4.69) is 65.4 Å². The summed E-state index contributed by atoms with van der Waals surface area (Å²) >= 11 is 1.66. The number of anilines is 3. The number of nitrogens with one attached hydrogen (secondary N) is 1. The maximum atomic E-state index is 11.6. The number of aryl methyl sites for hydroxylation is 1. The highest BCUT2D eigenvalue weighted by molar-refractivity contribution is 7.19. The molecule has 2 fully saturated rings. The lowest BCUT2D eigenvalue weighted by molar-refractivity contribution is -0.137. The first kappa shape index (κ1) is 27.2. The summed E-state index contributed by atoms with van der Waals surface area (Å²) < 4.78 is 6.66. The fourth-order valence-electron chi connectivity index (χ4n) is 6.45. The summed E-state index contributed by atoms with van der Waals surface area (Å²) in [5.74, 6) is 0.342. The first-order chi connectivity index (χ1) is 19.3. The van der Waals surface area contributed by atoms with Gasteiger partial charge in [-0.25, -0.2) is 4.98 Å². The molecule has 0 bridgehead atoms. The molecule has 1 aliphatic heterocycles. The van der Waals surface area contributed by atoms with Crippen LogP contribution in [0, 0.1) is 0 Å². The summed E-state index contributed by atoms with van der Waals surface area (Å²) in [6.45, 7) is 4.22. The molecule has 1 aromatic carbocycles. The van der Waals surface area contributed by atoms with E-state index in [0.29, 0.717) is 17.9 Å². The molecule has 3 aliphatic rings. The summed E-state index contributed by atoms with van der Waals surface area (Å²) in [6.07, 6.45) is 6.13. The summed E-state index contributed by atoms with van der Waals surface area (Å²) in [7, 11) is 6.46. The van der Waals surface area contributed by atoms with Crippen molar-refractivity contribution in [2.75, 3.05) is 57.5 Å². The number of carbonyl (C=O) groups is 1. The maximum Gasteiger partial charge on any atom is 0.303 e. The van der Waals surface area contributed by atoms with E-state index in [1.54, 1.807) is 11.3 Å². The Morgan fingerprint density at radius 1 is 1.07 bits per heavy atom. The van der Waals surface area contributed by atoms with Crippen molar-refractivity contribution in [3.05, 3.63) is 34.7 Å². The van der Waals surface area contributed by atoms with Crippen LogP contribution in [0.2, 0.25) is 0 Å². The topological polar surface area (TPSA) is 94.1 Å². The number of thiophene rings is 1. The van der Waals surface area contributed by atoms with Gasteiger partial charge in [0.2, 0.25) is 11.8 Å². The molecule has 10 heteroatoms. The van der Waals surface area contributed by atoms with Crippen molar-refractivity contribution in [1.82, 2.24) is 19.8 Å². The van der Waals surface area contributed by atoms with E-state index in [1.807, 2.05) is 0 Å². The van der Waals surface area contributed by atoms with Gasteiger partial charge in [0.05, 0.1) is 11.8 Å². The Balaban J connectivity index is 1.27. The molecule has 1 saturated carbocycles. The van der Waals surface area contributed by atoms with Gasteiger partial charge in [-0.3, -0.25) is 4.79 Å². The van der Waals surface area contributed by atoms with Crippen molar-refractivity contribution in [2.45, 2.75) is 63.0 Å². The third-order valence-electron chi connectivity index (χ3n) is 8.83. The monoisotopic (exact) mass is 564 g/mol. The van der Waals surface area contributed by atoms with Crippen LogP contribution in [0.15, 0.2) is 24.3 Å². The molecule has 1 saturated heterocycles. The predicted octanol–water partition coefficient (Wildman–Crippen LogP) is 4.94. The van der Waals surface area contributed by atoms with Gasteiger partial charge in [0.15, 0.2) is 0 Å². The molecule has 2 aliphatic carbocycles. The molecule has 6 rings (SSSR count).